The zero-order chi connectivity index (χ0) is 22.7. The van der Waals surface area contributed by atoms with E-state index in [0.29, 0.717) is 22.8 Å². The van der Waals surface area contributed by atoms with E-state index in [1.807, 2.05) is 50.2 Å². The first-order chi connectivity index (χ1) is 15.4. The van der Waals surface area contributed by atoms with Gasteiger partial charge in [-0.25, -0.2) is 0 Å². The van der Waals surface area contributed by atoms with E-state index in [1.54, 1.807) is 24.3 Å². The normalized spacial score (nSPS) is 10.8. The molecule has 4 aromatic rings. The molecule has 3 aromatic carbocycles. The summed E-state index contributed by atoms with van der Waals surface area (Å²) in [6, 6.07) is 18.4. The Morgan fingerprint density at radius 1 is 1.03 bits per heavy atom. The molecule has 0 atom stereocenters. The Morgan fingerprint density at radius 2 is 1.72 bits per heavy atom. The number of nitrogens with two attached hydrogens (primary N) is 1. The van der Waals surface area contributed by atoms with Crippen LogP contribution in [0.5, 0.6) is 5.75 Å². The molecule has 7 nitrogen and oxygen atoms in total. The van der Waals surface area contributed by atoms with Crippen LogP contribution in [0.4, 0.5) is 5.69 Å². The molecule has 0 aliphatic carbocycles. The highest BCUT2D eigenvalue weighted by atomic mass is 16.5. The summed E-state index contributed by atoms with van der Waals surface area (Å²) < 4.78 is 11.3. The van der Waals surface area contributed by atoms with Crippen LogP contribution in [0, 0.1) is 13.8 Å². The molecule has 162 valence electrons. The molecule has 0 bridgehead atoms. The lowest BCUT2D eigenvalue weighted by Crippen LogP contribution is -2.15. The molecule has 0 unspecified atom stereocenters. The van der Waals surface area contributed by atoms with Crippen LogP contribution in [0.1, 0.15) is 32.9 Å². The Labute approximate surface area is 185 Å². The fourth-order valence-electron chi connectivity index (χ4n) is 3.48. The third-order valence-corrected chi connectivity index (χ3v) is 5.24. The summed E-state index contributed by atoms with van der Waals surface area (Å²) in [7, 11) is 0. The predicted octanol–water partition coefficient (Wildman–Crippen LogP) is 4.30. The number of hydrogen-bond donors (Lipinski definition) is 2. The van der Waals surface area contributed by atoms with E-state index in [0.717, 1.165) is 27.6 Å². The van der Waals surface area contributed by atoms with Crippen LogP contribution < -0.4 is 15.8 Å². The number of nitrogens with zero attached hydrogens (tertiary/aromatic N) is 1. The van der Waals surface area contributed by atoms with Crippen molar-refractivity contribution in [3.8, 4) is 5.75 Å². The lowest BCUT2D eigenvalue weighted by molar-refractivity contribution is -0.117. The summed E-state index contributed by atoms with van der Waals surface area (Å²) in [5.74, 6) is 0.446. The lowest BCUT2D eigenvalue weighted by atomic mass is 10.0. The van der Waals surface area contributed by atoms with E-state index in [4.69, 9.17) is 15.0 Å². The van der Waals surface area contributed by atoms with Crippen molar-refractivity contribution in [1.29, 1.82) is 0 Å². The molecule has 7 heteroatoms. The number of aromatic nitrogens is 1. The van der Waals surface area contributed by atoms with Crippen molar-refractivity contribution in [3.05, 3.63) is 88.8 Å². The van der Waals surface area contributed by atoms with Crippen LogP contribution in [-0.2, 0) is 17.8 Å². The number of primary amides is 1. The maximum Gasteiger partial charge on any atom is 0.259 e. The van der Waals surface area contributed by atoms with Gasteiger partial charge in [0.2, 0.25) is 5.91 Å². The van der Waals surface area contributed by atoms with E-state index in [2.05, 4.69) is 10.5 Å². The summed E-state index contributed by atoms with van der Waals surface area (Å²) in [6.07, 6.45) is 0.151. The van der Waals surface area contributed by atoms with Gasteiger partial charge < -0.3 is 20.3 Å². The molecular weight excluding hydrogens is 406 g/mol. The predicted molar refractivity (Wildman–Crippen MR) is 122 cm³/mol. The molecule has 0 spiro atoms. The topological polar surface area (TPSA) is 107 Å². The number of rotatable bonds is 7. The van der Waals surface area contributed by atoms with Gasteiger partial charge in [0, 0.05) is 5.69 Å². The third kappa shape index (κ3) is 4.62. The Morgan fingerprint density at radius 3 is 2.34 bits per heavy atom. The largest absolute Gasteiger partial charge is 0.488 e. The maximum absolute atomic E-state index is 13.1. The highest BCUT2D eigenvalue weighted by Crippen LogP contribution is 2.28. The number of anilines is 1. The number of carbonyl (C=O) groups is 2. The summed E-state index contributed by atoms with van der Waals surface area (Å²) in [4.78, 5) is 24.2. The lowest BCUT2D eigenvalue weighted by Gasteiger charge is -2.14. The molecule has 0 saturated carbocycles. The molecule has 0 radical (unpaired) electrons. The van der Waals surface area contributed by atoms with E-state index in [-0.39, 0.29) is 18.9 Å². The van der Waals surface area contributed by atoms with Crippen molar-refractivity contribution in [3.63, 3.8) is 0 Å². The Hall–Kier alpha value is -4.13. The van der Waals surface area contributed by atoms with Gasteiger partial charge in [0.25, 0.3) is 5.91 Å². The highest BCUT2D eigenvalue weighted by molar-refractivity contribution is 6.08. The van der Waals surface area contributed by atoms with Gasteiger partial charge >= 0.3 is 0 Å². The van der Waals surface area contributed by atoms with Gasteiger partial charge in [-0.2, -0.15) is 0 Å². The van der Waals surface area contributed by atoms with Crippen LogP contribution in [0.3, 0.4) is 0 Å². The summed E-state index contributed by atoms with van der Waals surface area (Å²) >= 11 is 0. The molecule has 2 amide bonds. The minimum absolute atomic E-state index is 0.151. The Bertz CT molecular complexity index is 1270. The van der Waals surface area contributed by atoms with Crippen LogP contribution in [0.2, 0.25) is 0 Å². The zero-order valence-electron chi connectivity index (χ0n) is 17.8. The van der Waals surface area contributed by atoms with Crippen LogP contribution in [-0.4, -0.2) is 17.0 Å². The fourth-order valence-corrected chi connectivity index (χ4v) is 3.48. The molecule has 0 aliphatic rings. The van der Waals surface area contributed by atoms with Crippen LogP contribution in [0.15, 0.2) is 65.2 Å². The van der Waals surface area contributed by atoms with Gasteiger partial charge in [0.05, 0.1) is 23.2 Å². The van der Waals surface area contributed by atoms with E-state index < -0.39 is 5.91 Å². The van der Waals surface area contributed by atoms with Gasteiger partial charge in [-0.15, -0.1) is 0 Å². The smallest absolute Gasteiger partial charge is 0.259 e. The molecule has 0 fully saturated rings. The number of benzene rings is 3. The number of hydrogen-bond acceptors (Lipinski definition) is 5. The van der Waals surface area contributed by atoms with Crippen molar-refractivity contribution in [1.82, 2.24) is 5.16 Å². The molecule has 0 saturated heterocycles. The standard InChI is InChI=1S/C25H23N3O4/c1-15-22(16(2)32-28-15)14-31-23-13-19-6-4-3-5-18(19)12-21(23)25(30)27-20-9-7-17(8-10-20)11-24(26)29/h3-10,12-13H,11,14H2,1-2H3,(H2,26,29)(H,27,30). The first-order valence-corrected chi connectivity index (χ1v) is 10.2. The molecule has 0 aliphatic heterocycles. The summed E-state index contributed by atoms with van der Waals surface area (Å²) in [5, 5.41) is 8.74. The van der Waals surface area contributed by atoms with Crippen molar-refractivity contribution < 1.29 is 18.8 Å². The maximum atomic E-state index is 13.1. The molecule has 32 heavy (non-hydrogen) atoms. The van der Waals surface area contributed by atoms with E-state index in [1.165, 1.54) is 0 Å². The zero-order valence-corrected chi connectivity index (χ0v) is 17.8. The SMILES string of the molecule is Cc1noc(C)c1COc1cc2ccccc2cc1C(=O)Nc1ccc(CC(N)=O)cc1. The van der Waals surface area contributed by atoms with Crippen molar-refractivity contribution in [2.24, 2.45) is 5.73 Å². The van der Waals surface area contributed by atoms with Gasteiger partial charge in [-0.3, -0.25) is 9.59 Å². The first kappa shape index (κ1) is 21.1. The van der Waals surface area contributed by atoms with Gasteiger partial charge in [-0.1, -0.05) is 41.6 Å². The fraction of sp³-hybridized carbons (Fsp3) is 0.160. The molecule has 4 rings (SSSR count). The number of aryl methyl sites for hydroxylation is 2. The molecule has 1 heterocycles. The van der Waals surface area contributed by atoms with Crippen molar-refractivity contribution in [2.75, 3.05) is 5.32 Å². The summed E-state index contributed by atoms with van der Waals surface area (Å²) in [6.45, 7) is 3.92. The summed E-state index contributed by atoms with van der Waals surface area (Å²) in [5.41, 5.74) is 8.64. The molecule has 3 N–H and O–H groups in total. The second kappa shape index (κ2) is 8.93. The van der Waals surface area contributed by atoms with E-state index in [9.17, 15) is 9.59 Å². The number of amides is 2. The number of carbonyl (C=O) groups excluding carboxylic acids is 2. The highest BCUT2D eigenvalue weighted by Gasteiger charge is 2.17. The second-order valence-corrected chi connectivity index (χ2v) is 7.58. The number of fused-ring (bicyclic) bond motifs is 1. The third-order valence-electron chi connectivity index (χ3n) is 5.24. The van der Waals surface area contributed by atoms with Crippen molar-refractivity contribution in [2.45, 2.75) is 26.9 Å². The number of nitrogens with one attached hydrogen (secondary N) is 1. The Kier molecular flexibility index (Phi) is 5.89. The Balaban J connectivity index is 1.61. The number of ether oxygens (including phenoxy) is 1. The van der Waals surface area contributed by atoms with Gasteiger partial charge in [0.1, 0.15) is 18.1 Å². The average molecular weight is 429 g/mol. The second-order valence-electron chi connectivity index (χ2n) is 7.58. The molecule has 1 aromatic heterocycles. The minimum Gasteiger partial charge on any atom is -0.488 e. The van der Waals surface area contributed by atoms with Gasteiger partial charge in [-0.05, 0) is 54.4 Å². The first-order valence-electron chi connectivity index (χ1n) is 10.2. The average Bonchev–Trinajstić information content (AvgIpc) is 3.09. The van der Waals surface area contributed by atoms with Crippen LogP contribution in [0.25, 0.3) is 10.8 Å². The molecular formula is C25H23N3O4. The van der Waals surface area contributed by atoms with E-state index >= 15 is 0 Å². The van der Waals surface area contributed by atoms with Crippen LogP contribution >= 0.6 is 0 Å². The van der Waals surface area contributed by atoms with Crippen molar-refractivity contribution >= 4 is 28.3 Å². The van der Waals surface area contributed by atoms with Gasteiger partial charge in [0.15, 0.2) is 0 Å². The monoisotopic (exact) mass is 429 g/mol. The minimum atomic E-state index is -0.405. The quantitative estimate of drug-likeness (QED) is 0.455.